The van der Waals surface area contributed by atoms with Gasteiger partial charge in [0.15, 0.2) is 5.76 Å². The van der Waals surface area contributed by atoms with Crippen molar-refractivity contribution in [2.75, 3.05) is 36.4 Å². The number of hydrogen-bond donors (Lipinski definition) is 1. The first kappa shape index (κ1) is 16.3. The lowest BCUT2D eigenvalue weighted by Gasteiger charge is -2.35. The lowest BCUT2D eigenvalue weighted by atomic mass is 10.1. The van der Waals surface area contributed by atoms with E-state index in [0.717, 1.165) is 24.7 Å². The predicted octanol–water partition coefficient (Wildman–Crippen LogP) is 2.24. The summed E-state index contributed by atoms with van der Waals surface area (Å²) in [6, 6.07) is 5.38. The predicted molar refractivity (Wildman–Crippen MR) is 92.2 cm³/mol. The van der Waals surface area contributed by atoms with Crippen molar-refractivity contribution in [2.45, 2.75) is 26.3 Å². The molecule has 3 heterocycles. The zero-order valence-electron chi connectivity index (χ0n) is 14.3. The Morgan fingerprint density at radius 1 is 1.21 bits per heavy atom. The molecule has 1 amide bonds. The standard InChI is InChI=1S/C17H23N5O2/c1-17(2,3)20-14-11-15(19-12-18-14)21-6-8-22(9-7-21)16(23)13-5-4-10-24-13/h4-5,10-12H,6-9H2,1-3H3,(H,18,19,20). The minimum Gasteiger partial charge on any atom is -0.459 e. The van der Waals surface area contributed by atoms with Crippen LogP contribution < -0.4 is 10.2 Å². The molecule has 0 bridgehead atoms. The van der Waals surface area contributed by atoms with E-state index in [1.54, 1.807) is 18.5 Å². The van der Waals surface area contributed by atoms with Crippen LogP contribution in [-0.2, 0) is 0 Å². The highest BCUT2D eigenvalue weighted by Gasteiger charge is 2.24. The highest BCUT2D eigenvalue weighted by Crippen LogP contribution is 2.19. The van der Waals surface area contributed by atoms with Gasteiger partial charge in [0, 0.05) is 37.8 Å². The van der Waals surface area contributed by atoms with Gasteiger partial charge >= 0.3 is 0 Å². The number of nitrogens with zero attached hydrogens (tertiary/aromatic N) is 4. The van der Waals surface area contributed by atoms with Crippen molar-refractivity contribution in [2.24, 2.45) is 0 Å². The van der Waals surface area contributed by atoms with E-state index in [1.165, 1.54) is 6.26 Å². The van der Waals surface area contributed by atoms with E-state index < -0.39 is 0 Å². The summed E-state index contributed by atoms with van der Waals surface area (Å²) in [7, 11) is 0. The number of rotatable bonds is 3. The van der Waals surface area contributed by atoms with Crippen molar-refractivity contribution in [1.82, 2.24) is 14.9 Å². The molecule has 1 saturated heterocycles. The maximum Gasteiger partial charge on any atom is 0.289 e. The van der Waals surface area contributed by atoms with Crippen LogP contribution in [0.4, 0.5) is 11.6 Å². The first-order valence-corrected chi connectivity index (χ1v) is 8.10. The molecular weight excluding hydrogens is 306 g/mol. The Labute approximate surface area is 141 Å². The van der Waals surface area contributed by atoms with Crippen LogP contribution in [-0.4, -0.2) is 52.5 Å². The molecule has 24 heavy (non-hydrogen) atoms. The van der Waals surface area contributed by atoms with Gasteiger partial charge in [0.1, 0.15) is 18.0 Å². The fourth-order valence-electron chi connectivity index (χ4n) is 2.67. The molecule has 1 N–H and O–H groups in total. The molecule has 0 radical (unpaired) electrons. The Hall–Kier alpha value is -2.57. The maximum absolute atomic E-state index is 12.3. The Morgan fingerprint density at radius 2 is 1.96 bits per heavy atom. The summed E-state index contributed by atoms with van der Waals surface area (Å²) in [6.07, 6.45) is 3.10. The largest absolute Gasteiger partial charge is 0.459 e. The van der Waals surface area contributed by atoms with Gasteiger partial charge in [-0.25, -0.2) is 9.97 Å². The van der Waals surface area contributed by atoms with Crippen LogP contribution >= 0.6 is 0 Å². The summed E-state index contributed by atoms with van der Waals surface area (Å²) >= 11 is 0. The zero-order valence-corrected chi connectivity index (χ0v) is 14.3. The number of nitrogens with one attached hydrogen (secondary N) is 1. The third-order valence-electron chi connectivity index (χ3n) is 3.78. The van der Waals surface area contributed by atoms with E-state index in [0.29, 0.717) is 18.8 Å². The number of aromatic nitrogens is 2. The number of piperazine rings is 1. The number of amides is 1. The van der Waals surface area contributed by atoms with Gasteiger partial charge < -0.3 is 19.5 Å². The van der Waals surface area contributed by atoms with Gasteiger partial charge in [-0.1, -0.05) is 0 Å². The molecule has 1 aliphatic heterocycles. The molecule has 128 valence electrons. The molecule has 7 heteroatoms. The smallest absolute Gasteiger partial charge is 0.289 e. The van der Waals surface area contributed by atoms with Crippen LogP contribution in [0.5, 0.6) is 0 Å². The second kappa shape index (κ2) is 6.51. The minimum atomic E-state index is -0.0579. The molecule has 0 aromatic carbocycles. The van der Waals surface area contributed by atoms with Gasteiger partial charge in [-0.15, -0.1) is 0 Å². The van der Waals surface area contributed by atoms with Crippen LogP contribution in [0.15, 0.2) is 35.2 Å². The van der Waals surface area contributed by atoms with E-state index in [1.807, 2.05) is 11.0 Å². The van der Waals surface area contributed by atoms with Crippen LogP contribution in [0.2, 0.25) is 0 Å². The van der Waals surface area contributed by atoms with Crippen molar-refractivity contribution < 1.29 is 9.21 Å². The molecule has 0 aliphatic carbocycles. The monoisotopic (exact) mass is 329 g/mol. The highest BCUT2D eigenvalue weighted by atomic mass is 16.3. The summed E-state index contributed by atoms with van der Waals surface area (Å²) in [5.41, 5.74) is -0.0558. The van der Waals surface area contributed by atoms with Crippen LogP contribution in [0, 0.1) is 0 Å². The second-order valence-electron chi connectivity index (χ2n) is 6.89. The van der Waals surface area contributed by atoms with Crippen LogP contribution in [0.3, 0.4) is 0 Å². The van der Waals surface area contributed by atoms with Gasteiger partial charge in [-0.3, -0.25) is 4.79 Å². The van der Waals surface area contributed by atoms with Crippen molar-refractivity contribution in [3.63, 3.8) is 0 Å². The molecule has 0 saturated carbocycles. The Balaban J connectivity index is 1.62. The van der Waals surface area contributed by atoms with E-state index in [9.17, 15) is 4.79 Å². The SMILES string of the molecule is CC(C)(C)Nc1cc(N2CCN(C(=O)c3ccco3)CC2)ncn1. The molecule has 3 rings (SSSR count). The second-order valence-corrected chi connectivity index (χ2v) is 6.89. The van der Waals surface area contributed by atoms with Gasteiger partial charge in [0.2, 0.25) is 0 Å². The third kappa shape index (κ3) is 3.84. The van der Waals surface area contributed by atoms with Crippen LogP contribution in [0.1, 0.15) is 31.3 Å². The topological polar surface area (TPSA) is 74.5 Å². The molecule has 1 fully saturated rings. The number of hydrogen-bond acceptors (Lipinski definition) is 6. The fourth-order valence-corrected chi connectivity index (χ4v) is 2.67. The molecule has 2 aromatic heterocycles. The van der Waals surface area contributed by atoms with Gasteiger partial charge in [0.25, 0.3) is 5.91 Å². The van der Waals surface area contributed by atoms with E-state index in [-0.39, 0.29) is 11.4 Å². The lowest BCUT2D eigenvalue weighted by Crippen LogP contribution is -2.49. The number of anilines is 2. The first-order valence-electron chi connectivity index (χ1n) is 8.10. The van der Waals surface area contributed by atoms with Crippen molar-refractivity contribution in [3.8, 4) is 0 Å². The molecule has 0 unspecified atom stereocenters. The first-order chi connectivity index (χ1) is 11.4. The number of furan rings is 1. The molecule has 0 spiro atoms. The minimum absolute atomic E-state index is 0.0558. The normalized spacial score (nSPS) is 15.5. The molecule has 7 nitrogen and oxygen atoms in total. The van der Waals surface area contributed by atoms with E-state index in [2.05, 4.69) is 41.0 Å². The molecule has 1 aliphatic rings. The van der Waals surface area contributed by atoms with E-state index in [4.69, 9.17) is 4.42 Å². The fraction of sp³-hybridized carbons (Fsp3) is 0.471. The highest BCUT2D eigenvalue weighted by molar-refractivity contribution is 5.91. The molecular formula is C17H23N5O2. The third-order valence-corrected chi connectivity index (χ3v) is 3.78. The summed E-state index contributed by atoms with van der Waals surface area (Å²) in [5.74, 6) is 2.02. The quantitative estimate of drug-likeness (QED) is 0.931. The summed E-state index contributed by atoms with van der Waals surface area (Å²) in [4.78, 5) is 24.9. The Kier molecular flexibility index (Phi) is 4.42. The Bertz CT molecular complexity index is 685. The average molecular weight is 329 g/mol. The van der Waals surface area contributed by atoms with E-state index >= 15 is 0 Å². The summed E-state index contributed by atoms with van der Waals surface area (Å²) in [5, 5.41) is 3.35. The summed E-state index contributed by atoms with van der Waals surface area (Å²) in [6.45, 7) is 9.03. The molecule has 0 atom stereocenters. The zero-order chi connectivity index (χ0) is 17.2. The Morgan fingerprint density at radius 3 is 2.58 bits per heavy atom. The van der Waals surface area contributed by atoms with Gasteiger partial charge in [0.05, 0.1) is 6.26 Å². The van der Waals surface area contributed by atoms with Crippen molar-refractivity contribution in [1.29, 1.82) is 0 Å². The number of carbonyl (C=O) groups is 1. The maximum atomic E-state index is 12.3. The number of carbonyl (C=O) groups excluding carboxylic acids is 1. The lowest BCUT2D eigenvalue weighted by molar-refractivity contribution is 0.0714. The van der Waals surface area contributed by atoms with Crippen molar-refractivity contribution in [3.05, 3.63) is 36.5 Å². The van der Waals surface area contributed by atoms with Crippen molar-refractivity contribution >= 4 is 17.5 Å². The summed E-state index contributed by atoms with van der Waals surface area (Å²) < 4.78 is 5.19. The van der Waals surface area contributed by atoms with Gasteiger partial charge in [-0.2, -0.15) is 0 Å². The van der Waals surface area contributed by atoms with Gasteiger partial charge in [-0.05, 0) is 32.9 Å². The van der Waals surface area contributed by atoms with Crippen LogP contribution in [0.25, 0.3) is 0 Å². The average Bonchev–Trinajstić information content (AvgIpc) is 3.07. The molecule has 2 aromatic rings.